The lowest BCUT2D eigenvalue weighted by Crippen LogP contribution is -2.42. The van der Waals surface area contributed by atoms with Crippen LogP contribution < -0.4 is 10.4 Å². The number of rotatable bonds is 5. The monoisotopic (exact) mass is 440 g/mol. The Hall–Kier alpha value is -1.90. The van der Waals surface area contributed by atoms with Crippen molar-refractivity contribution in [3.8, 4) is 0 Å². The molecule has 29 heavy (non-hydrogen) atoms. The molecule has 1 aromatic heterocycles. The number of fused-ring (bicyclic) bond motifs is 1. The number of ether oxygens (including phenoxy) is 2. The molecular weight excluding hydrogens is 418 g/mol. The number of nitrogens with one attached hydrogen (secondary N) is 1. The normalized spacial score (nSPS) is 23.0. The van der Waals surface area contributed by atoms with Crippen molar-refractivity contribution in [3.63, 3.8) is 0 Å². The summed E-state index contributed by atoms with van der Waals surface area (Å²) in [6.07, 6.45) is 2.34. The smallest absolute Gasteiger partial charge is 0.341 e. The molecule has 0 bridgehead atoms. The summed E-state index contributed by atoms with van der Waals surface area (Å²) in [5, 5.41) is 15.0. The molecule has 1 aromatic rings. The van der Waals surface area contributed by atoms with Crippen molar-refractivity contribution in [1.82, 2.24) is 0 Å². The molecule has 2 atom stereocenters. The second-order valence-electron chi connectivity index (χ2n) is 7.77. The molecule has 1 aliphatic heterocycles. The van der Waals surface area contributed by atoms with E-state index in [9.17, 15) is 19.5 Å². The highest BCUT2D eigenvalue weighted by Crippen LogP contribution is 2.41. The SMILES string of the molecule is CCOC(=O)c1c(NC(=O)[C@H]2CC(Cl)=CC[C@H]2C(=O)[O-])sc2c1CC(C)(C)OC2. The summed E-state index contributed by atoms with van der Waals surface area (Å²) in [5.74, 6) is -4.16. The van der Waals surface area contributed by atoms with Crippen LogP contribution in [0.15, 0.2) is 11.1 Å². The average molecular weight is 441 g/mol. The first-order chi connectivity index (χ1) is 13.6. The van der Waals surface area contributed by atoms with Crippen LogP contribution in [-0.4, -0.2) is 30.1 Å². The number of carbonyl (C=O) groups is 3. The third-order valence-corrected chi connectivity index (χ3v) is 6.57. The predicted octanol–water partition coefficient (Wildman–Crippen LogP) is 2.61. The fourth-order valence-electron chi connectivity index (χ4n) is 3.66. The molecule has 0 unspecified atom stereocenters. The molecule has 2 aliphatic rings. The number of carboxylic acid groups (broad SMARTS) is 1. The van der Waals surface area contributed by atoms with Gasteiger partial charge in [0, 0.05) is 28.2 Å². The first-order valence-electron chi connectivity index (χ1n) is 9.44. The lowest BCUT2D eigenvalue weighted by Gasteiger charge is -2.30. The number of thiophene rings is 1. The lowest BCUT2D eigenvalue weighted by atomic mass is 9.82. The van der Waals surface area contributed by atoms with Crippen LogP contribution in [0.1, 0.15) is 54.4 Å². The molecule has 0 saturated carbocycles. The number of halogens is 1. The summed E-state index contributed by atoms with van der Waals surface area (Å²) >= 11 is 7.30. The molecule has 0 fully saturated rings. The Morgan fingerprint density at radius 3 is 2.76 bits per heavy atom. The number of carboxylic acids is 1. The van der Waals surface area contributed by atoms with E-state index in [-0.39, 0.29) is 19.4 Å². The van der Waals surface area contributed by atoms with Crippen LogP contribution in [0.4, 0.5) is 5.00 Å². The van der Waals surface area contributed by atoms with E-state index in [2.05, 4.69) is 5.32 Å². The van der Waals surface area contributed by atoms with Gasteiger partial charge in [0.1, 0.15) is 5.00 Å². The first kappa shape index (κ1) is 21.8. The van der Waals surface area contributed by atoms with Gasteiger partial charge in [0.05, 0.1) is 30.3 Å². The molecular formula is C20H23ClNO6S-. The predicted molar refractivity (Wildman–Crippen MR) is 107 cm³/mol. The molecule has 7 nitrogen and oxygen atoms in total. The van der Waals surface area contributed by atoms with Gasteiger partial charge in [-0.1, -0.05) is 17.7 Å². The highest BCUT2D eigenvalue weighted by Gasteiger charge is 2.37. The lowest BCUT2D eigenvalue weighted by molar-refractivity contribution is -0.313. The van der Waals surface area contributed by atoms with E-state index >= 15 is 0 Å². The summed E-state index contributed by atoms with van der Waals surface area (Å²) in [7, 11) is 0. The number of hydrogen-bond donors (Lipinski definition) is 1. The van der Waals surface area contributed by atoms with Crippen LogP contribution in [0, 0.1) is 11.8 Å². The Bertz CT molecular complexity index is 875. The van der Waals surface area contributed by atoms with Gasteiger partial charge < -0.3 is 24.7 Å². The zero-order valence-electron chi connectivity index (χ0n) is 16.5. The van der Waals surface area contributed by atoms with Gasteiger partial charge in [0.2, 0.25) is 5.91 Å². The van der Waals surface area contributed by atoms with Crippen molar-refractivity contribution >= 4 is 45.8 Å². The molecule has 0 spiro atoms. The summed E-state index contributed by atoms with van der Waals surface area (Å²) < 4.78 is 11.0. The van der Waals surface area contributed by atoms with Crippen LogP contribution in [0.2, 0.25) is 0 Å². The number of hydrogen-bond acceptors (Lipinski definition) is 7. The van der Waals surface area contributed by atoms with Crippen LogP contribution in [0.3, 0.4) is 0 Å². The highest BCUT2D eigenvalue weighted by molar-refractivity contribution is 7.17. The molecule has 9 heteroatoms. The summed E-state index contributed by atoms with van der Waals surface area (Å²) in [6, 6.07) is 0. The van der Waals surface area contributed by atoms with Crippen molar-refractivity contribution in [2.24, 2.45) is 11.8 Å². The van der Waals surface area contributed by atoms with Gasteiger partial charge in [-0.15, -0.1) is 11.3 Å². The maximum Gasteiger partial charge on any atom is 0.341 e. The quantitative estimate of drug-likeness (QED) is 0.705. The van der Waals surface area contributed by atoms with Crippen LogP contribution >= 0.6 is 22.9 Å². The van der Waals surface area contributed by atoms with Gasteiger partial charge in [-0.05, 0) is 39.2 Å². The van der Waals surface area contributed by atoms with Gasteiger partial charge in [0.25, 0.3) is 0 Å². The van der Waals surface area contributed by atoms with E-state index in [1.807, 2.05) is 13.8 Å². The third-order valence-electron chi connectivity index (χ3n) is 5.14. The number of aliphatic carboxylic acids is 1. The van der Waals surface area contributed by atoms with E-state index < -0.39 is 35.3 Å². The minimum atomic E-state index is -1.29. The van der Waals surface area contributed by atoms with Crippen LogP contribution in [0.5, 0.6) is 0 Å². The standard InChI is InChI=1S/C20H24ClNO6S/c1-4-27-19(26)15-13-8-20(2,3)28-9-14(13)29-17(15)22-16(23)12-7-10(21)5-6-11(12)18(24)25/h5,11-12H,4,6-9H2,1-3H3,(H,22,23)(H,24,25)/p-1/t11-,12+/m1/s1. The number of amides is 1. The Labute approximate surface area is 178 Å². The molecule has 2 heterocycles. The van der Waals surface area contributed by atoms with E-state index in [1.54, 1.807) is 13.0 Å². The minimum absolute atomic E-state index is 0.113. The van der Waals surface area contributed by atoms with Crippen molar-refractivity contribution in [2.45, 2.75) is 52.2 Å². The van der Waals surface area contributed by atoms with E-state index in [0.717, 1.165) is 10.4 Å². The molecule has 0 aromatic carbocycles. The topological polar surface area (TPSA) is 105 Å². The summed E-state index contributed by atoms with van der Waals surface area (Å²) in [4.78, 5) is 37.9. The van der Waals surface area contributed by atoms with Gasteiger partial charge in [0.15, 0.2) is 0 Å². The molecule has 1 amide bonds. The molecule has 3 rings (SSSR count). The van der Waals surface area contributed by atoms with Gasteiger partial charge >= 0.3 is 5.97 Å². The molecule has 0 radical (unpaired) electrons. The number of allylic oxidation sites excluding steroid dienone is 2. The number of esters is 1. The largest absolute Gasteiger partial charge is 0.550 e. The Morgan fingerprint density at radius 1 is 1.38 bits per heavy atom. The fraction of sp³-hybridized carbons (Fsp3) is 0.550. The third kappa shape index (κ3) is 4.65. The van der Waals surface area contributed by atoms with E-state index in [0.29, 0.717) is 28.6 Å². The van der Waals surface area contributed by atoms with Crippen molar-refractivity contribution in [2.75, 3.05) is 11.9 Å². The van der Waals surface area contributed by atoms with Crippen LogP contribution in [-0.2, 0) is 32.1 Å². The second-order valence-corrected chi connectivity index (χ2v) is 9.36. The van der Waals surface area contributed by atoms with Gasteiger partial charge in [-0.2, -0.15) is 0 Å². The maximum absolute atomic E-state index is 12.9. The van der Waals surface area contributed by atoms with Gasteiger partial charge in [-0.25, -0.2) is 4.79 Å². The van der Waals surface area contributed by atoms with Gasteiger partial charge in [-0.3, -0.25) is 4.79 Å². The van der Waals surface area contributed by atoms with Crippen molar-refractivity contribution in [3.05, 3.63) is 27.1 Å². The van der Waals surface area contributed by atoms with Crippen molar-refractivity contribution in [1.29, 1.82) is 0 Å². The minimum Gasteiger partial charge on any atom is -0.550 e. The zero-order valence-corrected chi connectivity index (χ0v) is 18.1. The summed E-state index contributed by atoms with van der Waals surface area (Å²) in [5.41, 5.74) is 0.676. The number of carbonyl (C=O) groups excluding carboxylic acids is 3. The average Bonchev–Trinajstić information content (AvgIpc) is 2.97. The van der Waals surface area contributed by atoms with E-state index in [1.165, 1.54) is 11.3 Å². The number of anilines is 1. The maximum atomic E-state index is 12.9. The Balaban J connectivity index is 1.93. The molecule has 158 valence electrons. The second kappa shape index (κ2) is 8.45. The molecule has 1 aliphatic carbocycles. The summed E-state index contributed by atoms with van der Waals surface area (Å²) in [6.45, 7) is 6.10. The Morgan fingerprint density at radius 2 is 2.10 bits per heavy atom. The molecule has 0 saturated heterocycles. The Kier molecular flexibility index (Phi) is 6.36. The van der Waals surface area contributed by atoms with E-state index in [4.69, 9.17) is 21.1 Å². The zero-order chi connectivity index (χ0) is 21.3. The molecule has 1 N–H and O–H groups in total. The van der Waals surface area contributed by atoms with Crippen molar-refractivity contribution < 1.29 is 29.0 Å². The first-order valence-corrected chi connectivity index (χ1v) is 10.6. The fourth-order valence-corrected chi connectivity index (χ4v) is 5.03. The van der Waals surface area contributed by atoms with Crippen LogP contribution in [0.25, 0.3) is 0 Å². The highest BCUT2D eigenvalue weighted by atomic mass is 35.5.